The predicted molar refractivity (Wildman–Crippen MR) is 126 cm³/mol. The number of para-hydroxylation sites is 3. The first-order valence-corrected chi connectivity index (χ1v) is 12.0. The van der Waals surface area contributed by atoms with Crippen molar-refractivity contribution in [2.75, 3.05) is 6.26 Å². The van der Waals surface area contributed by atoms with Crippen molar-refractivity contribution in [2.24, 2.45) is 0 Å². The fourth-order valence-electron chi connectivity index (χ4n) is 3.62. The monoisotopic (exact) mass is 440 g/mol. The lowest BCUT2D eigenvalue weighted by molar-refractivity contribution is 0.482. The maximum atomic E-state index is 11.8. The summed E-state index contributed by atoms with van der Waals surface area (Å²) in [6.45, 7) is 0. The summed E-state index contributed by atoms with van der Waals surface area (Å²) in [5, 5.41) is 0. The number of ether oxygens (including phenoxy) is 1. The first kappa shape index (κ1) is 20.0. The fourth-order valence-corrected chi connectivity index (χ4v) is 4.25. The second kappa shape index (κ2) is 7.98. The van der Waals surface area contributed by atoms with E-state index in [4.69, 9.17) is 9.72 Å². The molecule has 0 atom stereocenters. The van der Waals surface area contributed by atoms with Crippen LogP contribution >= 0.6 is 0 Å². The summed E-state index contributed by atoms with van der Waals surface area (Å²) in [4.78, 5) is 5.11. The Kier molecular flexibility index (Phi) is 4.99. The fraction of sp³-hybridized carbons (Fsp3) is 0.0385. The van der Waals surface area contributed by atoms with Crippen molar-refractivity contribution in [1.82, 2.24) is 9.55 Å². The van der Waals surface area contributed by atoms with Gasteiger partial charge in [0.15, 0.2) is 9.84 Å². The lowest BCUT2D eigenvalue weighted by Crippen LogP contribution is -1.99. The van der Waals surface area contributed by atoms with Crippen molar-refractivity contribution in [3.63, 3.8) is 0 Å². The average molecular weight is 441 g/mol. The highest BCUT2D eigenvalue weighted by Gasteiger charge is 2.15. The first-order chi connectivity index (χ1) is 15.5. The van der Waals surface area contributed by atoms with E-state index in [1.807, 2.05) is 78.9 Å². The summed E-state index contributed by atoms with van der Waals surface area (Å²) in [5.74, 6) is 2.26. The van der Waals surface area contributed by atoms with E-state index in [0.717, 1.165) is 39.6 Å². The van der Waals surface area contributed by atoms with Crippen LogP contribution < -0.4 is 4.74 Å². The van der Waals surface area contributed by atoms with E-state index in [9.17, 15) is 8.42 Å². The molecule has 0 amide bonds. The van der Waals surface area contributed by atoms with Gasteiger partial charge >= 0.3 is 0 Å². The number of hydrogen-bond donors (Lipinski definition) is 0. The lowest BCUT2D eigenvalue weighted by atomic mass is 10.2. The predicted octanol–water partition coefficient (Wildman–Crippen LogP) is 5.89. The Bertz CT molecular complexity index is 1490. The van der Waals surface area contributed by atoms with Crippen LogP contribution in [0.5, 0.6) is 11.5 Å². The van der Waals surface area contributed by atoms with Crippen LogP contribution in [0.3, 0.4) is 0 Å². The van der Waals surface area contributed by atoms with E-state index in [-0.39, 0.29) is 4.90 Å². The highest BCUT2D eigenvalue weighted by atomic mass is 32.2. The molecule has 0 aliphatic carbocycles. The van der Waals surface area contributed by atoms with E-state index >= 15 is 0 Å². The van der Waals surface area contributed by atoms with Gasteiger partial charge in [-0.2, -0.15) is 0 Å². The molecule has 5 rings (SSSR count). The van der Waals surface area contributed by atoms with E-state index in [1.54, 1.807) is 24.3 Å². The second-order valence-electron chi connectivity index (χ2n) is 7.47. The van der Waals surface area contributed by atoms with Crippen LogP contribution in [0.1, 0.15) is 0 Å². The molecule has 0 spiro atoms. The summed E-state index contributed by atoms with van der Waals surface area (Å²) < 4.78 is 31.7. The Morgan fingerprint density at radius 1 is 0.719 bits per heavy atom. The van der Waals surface area contributed by atoms with Crippen molar-refractivity contribution in [3.8, 4) is 28.6 Å². The lowest BCUT2D eigenvalue weighted by Gasteiger charge is -2.11. The number of sulfone groups is 1. The zero-order valence-electron chi connectivity index (χ0n) is 17.3. The highest BCUT2D eigenvalue weighted by Crippen LogP contribution is 2.30. The minimum absolute atomic E-state index is 0.284. The van der Waals surface area contributed by atoms with E-state index in [1.165, 1.54) is 6.26 Å². The maximum Gasteiger partial charge on any atom is 0.175 e. The van der Waals surface area contributed by atoms with Crippen molar-refractivity contribution in [2.45, 2.75) is 4.90 Å². The van der Waals surface area contributed by atoms with Gasteiger partial charge in [-0.05, 0) is 72.8 Å². The molecular weight excluding hydrogens is 420 g/mol. The number of hydrogen-bond acceptors (Lipinski definition) is 4. The number of aromatic nitrogens is 2. The third-order valence-corrected chi connectivity index (χ3v) is 6.30. The minimum Gasteiger partial charge on any atom is -0.457 e. The Morgan fingerprint density at radius 2 is 1.34 bits per heavy atom. The number of fused-ring (bicyclic) bond motifs is 1. The van der Waals surface area contributed by atoms with Gasteiger partial charge in [0.1, 0.15) is 17.3 Å². The zero-order valence-corrected chi connectivity index (χ0v) is 18.2. The Hall–Kier alpha value is -3.90. The van der Waals surface area contributed by atoms with Gasteiger partial charge in [0.2, 0.25) is 0 Å². The molecule has 5 nitrogen and oxygen atoms in total. The van der Waals surface area contributed by atoms with Gasteiger partial charge in [0, 0.05) is 17.5 Å². The molecule has 1 aromatic heterocycles. The normalized spacial score (nSPS) is 11.5. The third-order valence-electron chi connectivity index (χ3n) is 5.18. The summed E-state index contributed by atoms with van der Waals surface area (Å²) >= 11 is 0. The summed E-state index contributed by atoms with van der Waals surface area (Å²) in [7, 11) is -3.26. The largest absolute Gasteiger partial charge is 0.457 e. The molecule has 1 heterocycles. The zero-order chi connectivity index (χ0) is 22.1. The Balaban J connectivity index is 1.58. The van der Waals surface area contributed by atoms with Crippen molar-refractivity contribution in [1.29, 1.82) is 0 Å². The quantitative estimate of drug-likeness (QED) is 0.342. The number of rotatable bonds is 5. The third kappa shape index (κ3) is 3.88. The van der Waals surface area contributed by atoms with Crippen LogP contribution in [0.2, 0.25) is 0 Å². The molecule has 158 valence electrons. The van der Waals surface area contributed by atoms with Gasteiger partial charge < -0.3 is 4.74 Å². The minimum atomic E-state index is -3.26. The van der Waals surface area contributed by atoms with Crippen molar-refractivity contribution in [3.05, 3.63) is 103 Å². The molecule has 0 aliphatic heterocycles. The molecule has 0 aliphatic rings. The molecule has 0 unspecified atom stereocenters. The molecule has 6 heteroatoms. The number of benzene rings is 4. The van der Waals surface area contributed by atoms with Gasteiger partial charge in [-0.3, -0.25) is 4.57 Å². The number of imidazole rings is 1. The smallest absolute Gasteiger partial charge is 0.175 e. The average Bonchev–Trinajstić information content (AvgIpc) is 3.19. The van der Waals surface area contributed by atoms with Crippen molar-refractivity contribution >= 4 is 20.9 Å². The van der Waals surface area contributed by atoms with Gasteiger partial charge in [0.05, 0.1) is 15.9 Å². The van der Waals surface area contributed by atoms with E-state index < -0.39 is 9.84 Å². The molecule has 0 saturated carbocycles. The van der Waals surface area contributed by atoms with Crippen LogP contribution in [-0.2, 0) is 9.84 Å². The van der Waals surface area contributed by atoms with Gasteiger partial charge in [0.25, 0.3) is 0 Å². The summed E-state index contributed by atoms with van der Waals surface area (Å²) in [5.41, 5.74) is 3.59. The SMILES string of the molecule is CS(=O)(=O)c1ccc(-c2nc3ccccc3n2-c2ccc(Oc3ccccc3)cc2)cc1. The van der Waals surface area contributed by atoms with Crippen LogP contribution in [0, 0.1) is 0 Å². The Morgan fingerprint density at radius 3 is 2.03 bits per heavy atom. The molecule has 32 heavy (non-hydrogen) atoms. The molecule has 0 bridgehead atoms. The summed E-state index contributed by atoms with van der Waals surface area (Å²) in [6.07, 6.45) is 1.20. The van der Waals surface area contributed by atoms with E-state index in [2.05, 4.69) is 4.57 Å². The number of nitrogens with zero attached hydrogens (tertiary/aromatic N) is 2. The summed E-state index contributed by atoms with van der Waals surface area (Å²) in [6, 6.07) is 32.2. The second-order valence-corrected chi connectivity index (χ2v) is 9.48. The van der Waals surface area contributed by atoms with Crippen LogP contribution in [-0.4, -0.2) is 24.2 Å². The molecule has 0 fully saturated rings. The van der Waals surface area contributed by atoms with Gasteiger partial charge in [-0.25, -0.2) is 13.4 Å². The van der Waals surface area contributed by atoms with Gasteiger partial charge in [-0.1, -0.05) is 30.3 Å². The maximum absolute atomic E-state index is 11.8. The molecular formula is C26H20N2O3S. The first-order valence-electron chi connectivity index (χ1n) is 10.1. The van der Waals surface area contributed by atoms with Crippen LogP contribution in [0.15, 0.2) is 108 Å². The molecule has 5 aromatic rings. The molecule has 0 N–H and O–H groups in total. The topological polar surface area (TPSA) is 61.2 Å². The standard InChI is InChI=1S/C26H20N2O3S/c1-32(29,30)23-17-11-19(12-18-23)26-27-24-9-5-6-10-25(24)28(26)20-13-15-22(16-14-20)31-21-7-3-2-4-8-21/h2-18H,1H3. The van der Waals surface area contributed by atoms with Crippen molar-refractivity contribution < 1.29 is 13.2 Å². The van der Waals surface area contributed by atoms with Gasteiger partial charge in [-0.15, -0.1) is 0 Å². The molecule has 0 saturated heterocycles. The Labute approximate surface area is 186 Å². The van der Waals surface area contributed by atoms with Crippen LogP contribution in [0.4, 0.5) is 0 Å². The highest BCUT2D eigenvalue weighted by molar-refractivity contribution is 7.90. The van der Waals surface area contributed by atoms with E-state index in [0.29, 0.717) is 0 Å². The van der Waals surface area contributed by atoms with Crippen LogP contribution in [0.25, 0.3) is 28.1 Å². The molecule has 0 radical (unpaired) electrons. The molecule has 4 aromatic carbocycles.